The van der Waals surface area contributed by atoms with Gasteiger partial charge in [-0.1, -0.05) is 0 Å². The molecular formula is C13H17BrN2O2. The van der Waals surface area contributed by atoms with Crippen LogP contribution < -0.4 is 4.90 Å². The molecule has 0 saturated carbocycles. The summed E-state index contributed by atoms with van der Waals surface area (Å²) < 4.78 is 6.17. The van der Waals surface area contributed by atoms with Gasteiger partial charge < -0.3 is 14.7 Å². The number of benzene rings is 1. The fraction of sp³-hybridized carbons (Fsp3) is 0.462. The standard InChI is InChI=1S/C13H17BrN2O2/c1-2-16(5-7-18-8-6-17)13-4-3-11(10-15)9-12(13)14/h3-4,9,17H,2,5-8H2,1H3. The van der Waals surface area contributed by atoms with Gasteiger partial charge in [0.15, 0.2) is 0 Å². The molecule has 0 aliphatic heterocycles. The molecule has 0 spiro atoms. The molecular weight excluding hydrogens is 296 g/mol. The molecule has 18 heavy (non-hydrogen) atoms. The van der Waals surface area contributed by atoms with Crippen molar-refractivity contribution in [2.75, 3.05) is 37.8 Å². The zero-order valence-corrected chi connectivity index (χ0v) is 12.0. The summed E-state index contributed by atoms with van der Waals surface area (Å²) >= 11 is 3.48. The van der Waals surface area contributed by atoms with Crippen LogP contribution in [0.4, 0.5) is 5.69 Å². The first-order chi connectivity index (χ1) is 8.72. The topological polar surface area (TPSA) is 56.5 Å². The Morgan fingerprint density at radius 2 is 2.22 bits per heavy atom. The molecule has 5 heteroatoms. The van der Waals surface area contributed by atoms with E-state index in [2.05, 4.69) is 33.8 Å². The SMILES string of the molecule is CCN(CCOCCO)c1ccc(C#N)cc1Br. The Balaban J connectivity index is 2.67. The second kappa shape index (κ2) is 8.09. The van der Waals surface area contributed by atoms with Crippen LogP contribution >= 0.6 is 15.9 Å². The van der Waals surface area contributed by atoms with E-state index in [0.29, 0.717) is 18.8 Å². The van der Waals surface area contributed by atoms with Gasteiger partial charge in [0.25, 0.3) is 0 Å². The van der Waals surface area contributed by atoms with Crippen molar-refractivity contribution in [2.24, 2.45) is 0 Å². The van der Waals surface area contributed by atoms with Gasteiger partial charge in [-0.05, 0) is 41.1 Å². The predicted octanol–water partition coefficient (Wildman–Crippen LogP) is 2.16. The summed E-state index contributed by atoms with van der Waals surface area (Å²) in [4.78, 5) is 2.16. The molecule has 4 nitrogen and oxygen atoms in total. The molecule has 0 atom stereocenters. The van der Waals surface area contributed by atoms with Gasteiger partial charge in [-0.3, -0.25) is 0 Å². The Hall–Kier alpha value is -1.09. The summed E-state index contributed by atoms with van der Waals surface area (Å²) in [6.45, 7) is 4.66. The van der Waals surface area contributed by atoms with Crippen molar-refractivity contribution in [2.45, 2.75) is 6.92 Å². The van der Waals surface area contributed by atoms with Crippen LogP contribution in [0.5, 0.6) is 0 Å². The molecule has 0 saturated heterocycles. The highest BCUT2D eigenvalue weighted by Gasteiger charge is 2.08. The van der Waals surface area contributed by atoms with Gasteiger partial charge in [0.1, 0.15) is 0 Å². The molecule has 0 fully saturated rings. The van der Waals surface area contributed by atoms with Crippen LogP contribution in [-0.2, 0) is 4.74 Å². The summed E-state index contributed by atoms with van der Waals surface area (Å²) in [6, 6.07) is 7.65. The maximum Gasteiger partial charge on any atom is 0.0992 e. The van der Waals surface area contributed by atoms with Crippen molar-refractivity contribution in [1.29, 1.82) is 5.26 Å². The lowest BCUT2D eigenvalue weighted by Gasteiger charge is -2.24. The second-order valence-electron chi connectivity index (χ2n) is 3.69. The lowest BCUT2D eigenvalue weighted by molar-refractivity contribution is 0.0967. The molecule has 0 bridgehead atoms. The highest BCUT2D eigenvalue weighted by Crippen LogP contribution is 2.27. The van der Waals surface area contributed by atoms with Crippen molar-refractivity contribution >= 4 is 21.6 Å². The number of rotatable bonds is 7. The zero-order chi connectivity index (χ0) is 13.4. The number of nitrogens with zero attached hydrogens (tertiary/aromatic N) is 2. The third kappa shape index (κ3) is 4.30. The van der Waals surface area contributed by atoms with E-state index in [1.165, 1.54) is 0 Å². The average molecular weight is 313 g/mol. The number of likely N-dealkylation sites (N-methyl/N-ethyl adjacent to an activating group) is 1. The van der Waals surface area contributed by atoms with Gasteiger partial charge in [-0.15, -0.1) is 0 Å². The van der Waals surface area contributed by atoms with E-state index in [1.54, 1.807) is 6.07 Å². The number of anilines is 1. The van der Waals surface area contributed by atoms with Gasteiger partial charge >= 0.3 is 0 Å². The van der Waals surface area contributed by atoms with Crippen LogP contribution in [0, 0.1) is 11.3 Å². The number of nitriles is 1. The first-order valence-corrected chi connectivity index (χ1v) is 6.65. The van der Waals surface area contributed by atoms with Crippen LogP contribution in [0.25, 0.3) is 0 Å². The number of aliphatic hydroxyl groups is 1. The minimum atomic E-state index is 0.0483. The summed E-state index contributed by atoms with van der Waals surface area (Å²) in [6.07, 6.45) is 0. The largest absolute Gasteiger partial charge is 0.394 e. The van der Waals surface area contributed by atoms with Gasteiger partial charge in [-0.2, -0.15) is 5.26 Å². The first kappa shape index (κ1) is 15.0. The van der Waals surface area contributed by atoms with Gasteiger partial charge in [-0.25, -0.2) is 0 Å². The summed E-state index contributed by atoms with van der Waals surface area (Å²) in [7, 11) is 0. The predicted molar refractivity (Wildman–Crippen MR) is 74.6 cm³/mol. The Labute approximate surface area is 116 Å². The summed E-state index contributed by atoms with van der Waals surface area (Å²) in [5.74, 6) is 0. The molecule has 1 N–H and O–H groups in total. The second-order valence-corrected chi connectivity index (χ2v) is 4.55. The smallest absolute Gasteiger partial charge is 0.0992 e. The maximum absolute atomic E-state index is 8.82. The number of ether oxygens (including phenoxy) is 1. The summed E-state index contributed by atoms with van der Waals surface area (Å²) in [5, 5.41) is 17.5. The molecule has 98 valence electrons. The Morgan fingerprint density at radius 1 is 1.44 bits per heavy atom. The van der Waals surface area contributed by atoms with E-state index in [4.69, 9.17) is 15.1 Å². The Kier molecular flexibility index (Phi) is 6.73. The molecule has 0 heterocycles. The molecule has 0 aliphatic rings. The number of halogens is 1. The lowest BCUT2D eigenvalue weighted by atomic mass is 10.2. The Bertz CT molecular complexity index is 418. The highest BCUT2D eigenvalue weighted by molar-refractivity contribution is 9.10. The van der Waals surface area contributed by atoms with Crippen molar-refractivity contribution < 1.29 is 9.84 Å². The highest BCUT2D eigenvalue weighted by atomic mass is 79.9. The minimum absolute atomic E-state index is 0.0483. The fourth-order valence-corrected chi connectivity index (χ4v) is 2.25. The summed E-state index contributed by atoms with van der Waals surface area (Å²) in [5.41, 5.74) is 1.68. The van der Waals surface area contributed by atoms with Gasteiger partial charge in [0.2, 0.25) is 0 Å². The lowest BCUT2D eigenvalue weighted by Crippen LogP contribution is -2.27. The molecule has 0 radical (unpaired) electrons. The monoisotopic (exact) mass is 312 g/mol. The number of hydrogen-bond acceptors (Lipinski definition) is 4. The van der Waals surface area contributed by atoms with Crippen molar-refractivity contribution in [3.63, 3.8) is 0 Å². The van der Waals surface area contributed by atoms with E-state index in [0.717, 1.165) is 23.2 Å². The quantitative estimate of drug-likeness (QED) is 0.784. The molecule has 1 aromatic carbocycles. The Morgan fingerprint density at radius 3 is 2.78 bits per heavy atom. The third-order valence-electron chi connectivity index (χ3n) is 2.54. The van der Waals surface area contributed by atoms with Gasteiger partial charge in [0, 0.05) is 17.6 Å². The maximum atomic E-state index is 8.82. The molecule has 1 aromatic rings. The molecule has 0 amide bonds. The van der Waals surface area contributed by atoms with E-state index in [-0.39, 0.29) is 6.61 Å². The molecule has 0 aliphatic carbocycles. The van der Waals surface area contributed by atoms with Gasteiger partial charge in [0.05, 0.1) is 37.1 Å². The number of aliphatic hydroxyl groups excluding tert-OH is 1. The van der Waals surface area contributed by atoms with Crippen LogP contribution in [-0.4, -0.2) is 38.0 Å². The van der Waals surface area contributed by atoms with Crippen molar-refractivity contribution in [3.8, 4) is 6.07 Å². The van der Waals surface area contributed by atoms with Crippen molar-refractivity contribution in [3.05, 3.63) is 28.2 Å². The fourth-order valence-electron chi connectivity index (χ4n) is 1.62. The zero-order valence-electron chi connectivity index (χ0n) is 10.4. The average Bonchev–Trinajstić information content (AvgIpc) is 2.39. The third-order valence-corrected chi connectivity index (χ3v) is 3.18. The molecule has 0 aromatic heterocycles. The van der Waals surface area contributed by atoms with Crippen LogP contribution in [0.15, 0.2) is 22.7 Å². The van der Waals surface area contributed by atoms with Crippen LogP contribution in [0.1, 0.15) is 12.5 Å². The molecule has 1 rings (SSSR count). The minimum Gasteiger partial charge on any atom is -0.394 e. The van der Waals surface area contributed by atoms with Crippen LogP contribution in [0.3, 0.4) is 0 Å². The van der Waals surface area contributed by atoms with E-state index < -0.39 is 0 Å². The molecule has 0 unspecified atom stereocenters. The van der Waals surface area contributed by atoms with E-state index in [9.17, 15) is 0 Å². The first-order valence-electron chi connectivity index (χ1n) is 5.86. The van der Waals surface area contributed by atoms with Crippen LogP contribution in [0.2, 0.25) is 0 Å². The van der Waals surface area contributed by atoms with E-state index >= 15 is 0 Å². The van der Waals surface area contributed by atoms with E-state index in [1.807, 2.05) is 12.1 Å². The normalized spacial score (nSPS) is 10.1. The number of hydrogen-bond donors (Lipinski definition) is 1. The van der Waals surface area contributed by atoms with Crippen molar-refractivity contribution in [1.82, 2.24) is 0 Å².